The zero-order chi connectivity index (χ0) is 15.4. The highest BCUT2D eigenvalue weighted by Crippen LogP contribution is 2.26. The first kappa shape index (κ1) is 14.8. The van der Waals surface area contributed by atoms with Gasteiger partial charge in [0.15, 0.2) is 0 Å². The Hall–Kier alpha value is -2.63. The quantitative estimate of drug-likeness (QED) is 0.876. The molecule has 110 valence electrons. The number of carbonyl (C=O) groups is 1. The first-order valence-corrected chi connectivity index (χ1v) is 6.38. The summed E-state index contributed by atoms with van der Waals surface area (Å²) in [6, 6.07) is 5.52. The number of nitrogens with zero attached hydrogens (tertiary/aromatic N) is 1. The molecule has 0 amide bonds. The molecule has 0 aliphatic carbocycles. The summed E-state index contributed by atoms with van der Waals surface area (Å²) in [6.45, 7) is 3.66. The topological polar surface area (TPSA) is 74.4 Å². The molecule has 1 heterocycles. The molecule has 2 rings (SSSR count). The third kappa shape index (κ3) is 3.47. The van der Waals surface area contributed by atoms with Crippen LogP contribution in [0.2, 0.25) is 0 Å². The van der Waals surface area contributed by atoms with Crippen LogP contribution in [0.15, 0.2) is 30.5 Å². The van der Waals surface area contributed by atoms with Crippen LogP contribution >= 0.6 is 0 Å². The Morgan fingerprint density at radius 3 is 2.81 bits per heavy atom. The first-order chi connectivity index (χ1) is 10.0. The van der Waals surface area contributed by atoms with E-state index in [1.807, 2.05) is 0 Å². The van der Waals surface area contributed by atoms with E-state index in [4.69, 9.17) is 15.2 Å². The van der Waals surface area contributed by atoms with Gasteiger partial charge in [0.05, 0.1) is 24.1 Å². The summed E-state index contributed by atoms with van der Waals surface area (Å²) in [5.41, 5.74) is 6.70. The molecule has 0 atom stereocenters. The zero-order valence-corrected chi connectivity index (χ0v) is 11.7. The minimum absolute atomic E-state index is 0.182. The Morgan fingerprint density at radius 2 is 2.14 bits per heavy atom. The summed E-state index contributed by atoms with van der Waals surface area (Å²) in [4.78, 5) is 15.7. The van der Waals surface area contributed by atoms with Crippen molar-refractivity contribution in [2.45, 2.75) is 13.8 Å². The lowest BCUT2D eigenvalue weighted by Gasteiger charge is -2.10. The lowest BCUT2D eigenvalue weighted by atomic mass is 10.2. The molecule has 0 unspecified atom stereocenters. The molecular weight excluding hydrogens is 275 g/mol. The number of rotatable bonds is 4. The van der Waals surface area contributed by atoms with Crippen LogP contribution < -0.4 is 10.5 Å². The van der Waals surface area contributed by atoms with Crippen molar-refractivity contribution in [3.8, 4) is 11.6 Å². The van der Waals surface area contributed by atoms with Crippen LogP contribution in [0.4, 0.5) is 10.1 Å². The Morgan fingerprint density at radius 1 is 1.38 bits per heavy atom. The normalized spacial score (nSPS) is 10.2. The van der Waals surface area contributed by atoms with E-state index in [2.05, 4.69) is 4.98 Å². The van der Waals surface area contributed by atoms with E-state index in [9.17, 15) is 9.18 Å². The van der Waals surface area contributed by atoms with Gasteiger partial charge in [-0.15, -0.1) is 0 Å². The number of hydrogen-bond acceptors (Lipinski definition) is 5. The Bertz CT molecular complexity index is 674. The summed E-state index contributed by atoms with van der Waals surface area (Å²) in [5.74, 6) is -0.263. The average Bonchev–Trinajstić information content (AvgIpc) is 2.44. The van der Waals surface area contributed by atoms with Crippen molar-refractivity contribution in [1.29, 1.82) is 0 Å². The summed E-state index contributed by atoms with van der Waals surface area (Å²) in [5, 5.41) is 0. The second-order valence-corrected chi connectivity index (χ2v) is 4.34. The molecule has 2 aromatic rings. The number of esters is 1. The van der Waals surface area contributed by atoms with Crippen LogP contribution in [-0.2, 0) is 4.74 Å². The highest BCUT2D eigenvalue weighted by Gasteiger charge is 2.14. The van der Waals surface area contributed by atoms with Crippen LogP contribution in [-0.4, -0.2) is 17.6 Å². The van der Waals surface area contributed by atoms with Crippen molar-refractivity contribution < 1.29 is 18.7 Å². The van der Waals surface area contributed by atoms with Crippen LogP contribution in [0.5, 0.6) is 11.6 Å². The van der Waals surface area contributed by atoms with Gasteiger partial charge in [-0.2, -0.15) is 0 Å². The van der Waals surface area contributed by atoms with Crippen LogP contribution in [0.3, 0.4) is 0 Å². The van der Waals surface area contributed by atoms with E-state index in [0.717, 1.165) is 0 Å². The van der Waals surface area contributed by atoms with E-state index in [0.29, 0.717) is 11.3 Å². The van der Waals surface area contributed by atoms with Crippen molar-refractivity contribution in [2.75, 3.05) is 12.3 Å². The summed E-state index contributed by atoms with van der Waals surface area (Å²) < 4.78 is 23.5. The molecule has 0 spiro atoms. The number of carbonyl (C=O) groups excluding carboxylic acids is 1. The highest BCUT2D eigenvalue weighted by atomic mass is 19.1. The Balaban J connectivity index is 2.28. The van der Waals surface area contributed by atoms with Gasteiger partial charge in [0.2, 0.25) is 5.88 Å². The zero-order valence-electron chi connectivity index (χ0n) is 11.7. The molecule has 0 aliphatic heterocycles. The fraction of sp³-hybridized carbons (Fsp3) is 0.200. The number of pyridine rings is 1. The number of aromatic nitrogens is 1. The Kier molecular flexibility index (Phi) is 4.37. The minimum atomic E-state index is -0.543. The maximum absolute atomic E-state index is 13.0. The third-order valence-corrected chi connectivity index (χ3v) is 2.76. The summed E-state index contributed by atoms with van der Waals surface area (Å²) >= 11 is 0. The molecular formula is C15H15FN2O3. The first-order valence-electron chi connectivity index (χ1n) is 6.38. The van der Waals surface area contributed by atoms with Gasteiger partial charge < -0.3 is 15.2 Å². The SMILES string of the molecule is CCOC(=O)c1cc(Oc2ccc(F)cc2C)ncc1N. The lowest BCUT2D eigenvalue weighted by Crippen LogP contribution is -2.08. The predicted octanol–water partition coefficient (Wildman–Crippen LogP) is 3.08. The maximum Gasteiger partial charge on any atom is 0.340 e. The fourth-order valence-corrected chi connectivity index (χ4v) is 1.73. The van der Waals surface area contributed by atoms with Crippen molar-refractivity contribution in [2.24, 2.45) is 0 Å². The second-order valence-electron chi connectivity index (χ2n) is 4.34. The van der Waals surface area contributed by atoms with Gasteiger partial charge in [0, 0.05) is 6.07 Å². The number of benzene rings is 1. The van der Waals surface area contributed by atoms with Gasteiger partial charge in [0.25, 0.3) is 0 Å². The number of halogens is 1. The standard InChI is InChI=1S/C15H15FN2O3/c1-3-20-15(19)11-7-14(18-8-12(11)17)21-13-5-4-10(16)6-9(13)2/h4-8H,3,17H2,1-2H3. The summed E-state index contributed by atoms with van der Waals surface area (Å²) in [7, 11) is 0. The van der Waals surface area contributed by atoms with Gasteiger partial charge in [-0.1, -0.05) is 0 Å². The smallest absolute Gasteiger partial charge is 0.340 e. The number of nitrogens with two attached hydrogens (primary N) is 1. The van der Waals surface area contributed by atoms with E-state index in [-0.39, 0.29) is 29.6 Å². The molecule has 0 saturated carbocycles. The fourth-order valence-electron chi connectivity index (χ4n) is 1.73. The van der Waals surface area contributed by atoms with Crippen molar-refractivity contribution in [3.63, 3.8) is 0 Å². The molecule has 21 heavy (non-hydrogen) atoms. The number of nitrogen functional groups attached to an aromatic ring is 1. The molecule has 1 aromatic heterocycles. The van der Waals surface area contributed by atoms with Gasteiger partial charge in [-0.25, -0.2) is 14.2 Å². The minimum Gasteiger partial charge on any atom is -0.462 e. The molecule has 0 saturated heterocycles. The molecule has 2 N–H and O–H groups in total. The largest absolute Gasteiger partial charge is 0.462 e. The van der Waals surface area contributed by atoms with Crippen LogP contribution in [0.1, 0.15) is 22.8 Å². The van der Waals surface area contributed by atoms with Crippen molar-refractivity contribution in [3.05, 3.63) is 47.4 Å². The molecule has 5 nitrogen and oxygen atoms in total. The van der Waals surface area contributed by atoms with Gasteiger partial charge in [-0.05, 0) is 37.6 Å². The van der Waals surface area contributed by atoms with E-state index < -0.39 is 5.97 Å². The summed E-state index contributed by atoms with van der Waals surface area (Å²) in [6.07, 6.45) is 1.32. The number of anilines is 1. The number of ether oxygens (including phenoxy) is 2. The van der Waals surface area contributed by atoms with E-state index >= 15 is 0 Å². The molecule has 0 aliphatic rings. The molecule has 0 bridgehead atoms. The van der Waals surface area contributed by atoms with E-state index in [1.165, 1.54) is 30.5 Å². The van der Waals surface area contributed by atoms with Gasteiger partial charge in [0.1, 0.15) is 11.6 Å². The van der Waals surface area contributed by atoms with Gasteiger partial charge >= 0.3 is 5.97 Å². The number of hydrogen-bond donors (Lipinski definition) is 1. The molecule has 0 fully saturated rings. The second kappa shape index (κ2) is 6.21. The molecule has 1 aromatic carbocycles. The molecule has 6 heteroatoms. The third-order valence-electron chi connectivity index (χ3n) is 2.76. The van der Waals surface area contributed by atoms with Crippen molar-refractivity contribution >= 4 is 11.7 Å². The van der Waals surface area contributed by atoms with Gasteiger partial charge in [-0.3, -0.25) is 0 Å². The molecule has 0 radical (unpaired) electrons. The van der Waals surface area contributed by atoms with Crippen LogP contribution in [0, 0.1) is 12.7 Å². The average molecular weight is 290 g/mol. The Labute approximate surface area is 121 Å². The monoisotopic (exact) mass is 290 g/mol. The van der Waals surface area contributed by atoms with E-state index in [1.54, 1.807) is 13.8 Å². The number of aryl methyl sites for hydroxylation is 1. The highest BCUT2D eigenvalue weighted by molar-refractivity contribution is 5.95. The predicted molar refractivity (Wildman–Crippen MR) is 75.8 cm³/mol. The maximum atomic E-state index is 13.0. The van der Waals surface area contributed by atoms with Crippen molar-refractivity contribution in [1.82, 2.24) is 4.98 Å². The van der Waals surface area contributed by atoms with Crippen LogP contribution in [0.25, 0.3) is 0 Å². The lowest BCUT2D eigenvalue weighted by molar-refractivity contribution is 0.0527.